The van der Waals surface area contributed by atoms with Crippen LogP contribution in [0.1, 0.15) is 37.8 Å². The van der Waals surface area contributed by atoms with Gasteiger partial charge in [0.05, 0.1) is 0 Å². The Labute approximate surface area is 134 Å². The van der Waals surface area contributed by atoms with Gasteiger partial charge in [-0.15, -0.1) is 10.2 Å². The van der Waals surface area contributed by atoms with Gasteiger partial charge in [-0.25, -0.2) is 4.39 Å². The van der Waals surface area contributed by atoms with E-state index in [1.807, 2.05) is 6.07 Å². The van der Waals surface area contributed by atoms with E-state index in [0.29, 0.717) is 28.3 Å². The largest absolute Gasteiger partial charge is 1.00 e. The first-order valence-electron chi connectivity index (χ1n) is 6.64. The Balaban J connectivity index is 0.00000220. The minimum absolute atomic E-state index is 0. The van der Waals surface area contributed by atoms with Crippen molar-refractivity contribution in [3.05, 3.63) is 41.5 Å². The van der Waals surface area contributed by atoms with Crippen molar-refractivity contribution in [1.29, 1.82) is 0 Å². The molecule has 0 aliphatic rings. The van der Waals surface area contributed by atoms with Crippen LogP contribution in [0.3, 0.4) is 0 Å². The number of benzene rings is 1. The van der Waals surface area contributed by atoms with Gasteiger partial charge in [0.15, 0.2) is 6.04 Å². The maximum atomic E-state index is 13.5. The first-order chi connectivity index (χ1) is 9.61. The third kappa shape index (κ3) is 4.69. The van der Waals surface area contributed by atoms with Crippen LogP contribution in [0.25, 0.3) is 0 Å². The predicted molar refractivity (Wildman–Crippen MR) is 75.3 cm³/mol. The maximum absolute atomic E-state index is 13.5. The molecule has 0 amide bonds. The van der Waals surface area contributed by atoms with Gasteiger partial charge in [-0.1, -0.05) is 43.8 Å². The minimum atomic E-state index is -0.214. The molecule has 1 heterocycles. The molecule has 2 aromatic rings. The van der Waals surface area contributed by atoms with Crippen LogP contribution in [0.2, 0.25) is 0 Å². The molecule has 1 aromatic carbocycles. The number of aromatic nitrogens is 2. The third-order valence-corrected chi connectivity index (χ3v) is 4.25. The molecule has 1 unspecified atom stereocenters. The minimum Gasteiger partial charge on any atom is -1.00 e. The van der Waals surface area contributed by atoms with Crippen molar-refractivity contribution >= 4 is 11.8 Å². The lowest BCUT2D eigenvalue weighted by atomic mass is 10.0. The Bertz CT molecular complexity index is 567. The molecule has 7 heteroatoms. The number of hydrogen-bond acceptors (Lipinski definition) is 4. The molecule has 0 radical (unpaired) electrons. The molecule has 116 valence electrons. The van der Waals surface area contributed by atoms with Crippen LogP contribution in [-0.4, -0.2) is 10.2 Å². The van der Waals surface area contributed by atoms with E-state index in [4.69, 9.17) is 4.42 Å². The van der Waals surface area contributed by atoms with Crippen LogP contribution in [0.4, 0.5) is 4.39 Å². The van der Waals surface area contributed by atoms with E-state index >= 15 is 0 Å². The second-order valence-corrected chi connectivity index (χ2v) is 5.70. The molecule has 2 rings (SSSR count). The van der Waals surface area contributed by atoms with Crippen LogP contribution >= 0.6 is 11.8 Å². The normalized spacial score (nSPS) is 13.5. The van der Waals surface area contributed by atoms with Gasteiger partial charge in [-0.2, -0.15) is 0 Å². The number of thioether (sulfide) groups is 1. The zero-order valence-corrected chi connectivity index (χ0v) is 13.6. The Hall–Kier alpha value is -1.11. The topological polar surface area (TPSA) is 66.6 Å². The van der Waals surface area contributed by atoms with Gasteiger partial charge in [0.25, 0.3) is 11.1 Å². The summed E-state index contributed by atoms with van der Waals surface area (Å²) in [6.07, 6.45) is 1.01. The van der Waals surface area contributed by atoms with Gasteiger partial charge in [-0.3, -0.25) is 0 Å². The summed E-state index contributed by atoms with van der Waals surface area (Å²) in [5.41, 5.74) is 4.69. The number of quaternary nitrogens is 1. The highest BCUT2D eigenvalue weighted by molar-refractivity contribution is 7.98. The van der Waals surface area contributed by atoms with E-state index in [9.17, 15) is 4.39 Å². The summed E-state index contributed by atoms with van der Waals surface area (Å²) in [5.74, 6) is 1.20. The SMILES string of the molecule is CCC(C)[C@H]([NH3+])c1nnc(SCc2ccccc2F)o1.[Cl-]. The fourth-order valence-corrected chi connectivity index (χ4v) is 2.47. The number of halogens is 2. The van der Waals surface area contributed by atoms with E-state index in [1.165, 1.54) is 17.8 Å². The van der Waals surface area contributed by atoms with Crippen molar-refractivity contribution in [3.63, 3.8) is 0 Å². The summed E-state index contributed by atoms with van der Waals surface area (Å²) < 4.78 is 19.1. The highest BCUT2D eigenvalue weighted by atomic mass is 35.5. The third-order valence-electron chi connectivity index (χ3n) is 3.38. The monoisotopic (exact) mass is 331 g/mol. The first-order valence-corrected chi connectivity index (χ1v) is 7.63. The standard InChI is InChI=1S/C14H18FN3OS.ClH/c1-3-9(2)12(16)13-17-18-14(19-13)20-8-10-6-4-5-7-11(10)15;/h4-7,9,12H,3,8,16H2,1-2H3;1H/t9?,12-;/m0./s1. The maximum Gasteiger partial charge on any atom is 0.277 e. The molecule has 0 saturated carbocycles. The first kappa shape index (κ1) is 17.9. The fraction of sp³-hybridized carbons (Fsp3) is 0.429. The van der Waals surface area contributed by atoms with Gasteiger partial charge in [0.1, 0.15) is 5.82 Å². The van der Waals surface area contributed by atoms with E-state index in [-0.39, 0.29) is 24.3 Å². The lowest BCUT2D eigenvalue weighted by molar-refractivity contribution is -0.444. The Morgan fingerprint density at radius 1 is 1.33 bits per heavy atom. The molecular weight excluding hydrogens is 313 g/mol. The van der Waals surface area contributed by atoms with Gasteiger partial charge in [0, 0.05) is 11.7 Å². The van der Waals surface area contributed by atoms with Crippen LogP contribution in [0.5, 0.6) is 0 Å². The van der Waals surface area contributed by atoms with Gasteiger partial charge in [-0.05, 0) is 18.1 Å². The van der Waals surface area contributed by atoms with Crippen LogP contribution in [0, 0.1) is 11.7 Å². The van der Waals surface area contributed by atoms with Crippen molar-refractivity contribution in [3.8, 4) is 0 Å². The highest BCUT2D eigenvalue weighted by Crippen LogP contribution is 2.26. The number of hydrogen-bond donors (Lipinski definition) is 1. The predicted octanol–water partition coefficient (Wildman–Crippen LogP) is -0.166. The Morgan fingerprint density at radius 2 is 2.05 bits per heavy atom. The number of nitrogens with zero attached hydrogens (tertiary/aromatic N) is 2. The molecule has 2 atom stereocenters. The quantitative estimate of drug-likeness (QED) is 0.747. The molecule has 0 aliphatic carbocycles. The Kier molecular flexibility index (Phi) is 7.14. The molecule has 0 aliphatic heterocycles. The van der Waals surface area contributed by atoms with Gasteiger partial charge in [0.2, 0.25) is 0 Å². The lowest BCUT2D eigenvalue weighted by Gasteiger charge is -2.09. The van der Waals surface area contributed by atoms with Gasteiger partial charge >= 0.3 is 0 Å². The molecule has 0 spiro atoms. The van der Waals surface area contributed by atoms with Crippen molar-refractivity contribution in [2.24, 2.45) is 5.92 Å². The van der Waals surface area contributed by atoms with Crippen LogP contribution < -0.4 is 18.1 Å². The summed E-state index contributed by atoms with van der Waals surface area (Å²) in [5, 5.41) is 8.47. The summed E-state index contributed by atoms with van der Waals surface area (Å²) in [6, 6.07) is 6.68. The van der Waals surface area contributed by atoms with Crippen LogP contribution in [-0.2, 0) is 5.75 Å². The molecule has 0 saturated heterocycles. The van der Waals surface area contributed by atoms with Crippen LogP contribution in [0.15, 0.2) is 33.9 Å². The molecule has 3 N–H and O–H groups in total. The fourth-order valence-electron chi connectivity index (χ4n) is 1.71. The second kappa shape index (κ2) is 8.36. The van der Waals surface area contributed by atoms with E-state index < -0.39 is 0 Å². The van der Waals surface area contributed by atoms with Crippen molar-refractivity contribution in [2.45, 2.75) is 37.3 Å². The van der Waals surface area contributed by atoms with Crippen molar-refractivity contribution in [1.82, 2.24) is 10.2 Å². The molecule has 1 aromatic heterocycles. The van der Waals surface area contributed by atoms with E-state index in [2.05, 4.69) is 29.8 Å². The average molecular weight is 332 g/mol. The number of rotatable bonds is 6. The summed E-state index contributed by atoms with van der Waals surface area (Å²) in [7, 11) is 0. The lowest BCUT2D eigenvalue weighted by Crippen LogP contribution is -3.00. The molecular formula is C14H19ClFN3OS. The highest BCUT2D eigenvalue weighted by Gasteiger charge is 2.23. The zero-order chi connectivity index (χ0) is 14.5. The Morgan fingerprint density at radius 3 is 2.71 bits per heavy atom. The van der Waals surface area contributed by atoms with Crippen molar-refractivity contribution < 1.29 is 26.9 Å². The summed E-state index contributed by atoms with van der Waals surface area (Å²) in [4.78, 5) is 0. The zero-order valence-electron chi connectivity index (χ0n) is 12.1. The molecule has 21 heavy (non-hydrogen) atoms. The smallest absolute Gasteiger partial charge is 0.277 e. The van der Waals surface area contributed by atoms with Crippen molar-refractivity contribution in [2.75, 3.05) is 0 Å². The second-order valence-electron chi connectivity index (χ2n) is 4.78. The molecule has 4 nitrogen and oxygen atoms in total. The molecule has 0 bridgehead atoms. The summed E-state index contributed by atoms with van der Waals surface area (Å²) >= 11 is 1.34. The average Bonchev–Trinajstić information content (AvgIpc) is 2.93. The van der Waals surface area contributed by atoms with E-state index in [0.717, 1.165) is 6.42 Å². The summed E-state index contributed by atoms with van der Waals surface area (Å²) in [6.45, 7) is 4.21. The van der Waals surface area contributed by atoms with Gasteiger partial charge < -0.3 is 22.6 Å². The van der Waals surface area contributed by atoms with E-state index in [1.54, 1.807) is 12.1 Å². The molecule has 0 fully saturated rings.